The molecule has 16 heteroatoms. The van der Waals surface area contributed by atoms with E-state index in [2.05, 4.69) is 91.3 Å². The summed E-state index contributed by atoms with van der Waals surface area (Å²) in [5.41, 5.74) is 9.95. The van der Waals surface area contributed by atoms with Crippen LogP contribution in [0.4, 0.5) is 16.7 Å². The number of unbranched alkanes of at least 4 members (excludes halogenated alkanes) is 3. The number of ether oxygens (including phenoxy) is 3. The Morgan fingerprint density at radius 2 is 1.47 bits per heavy atom. The molecule has 320 valence electrons. The molecule has 1 amide bonds. The number of hydrogen-bond acceptors (Lipinski definition) is 12. The van der Waals surface area contributed by atoms with Crippen molar-refractivity contribution in [3.8, 4) is 11.8 Å². The summed E-state index contributed by atoms with van der Waals surface area (Å²) in [4.78, 5) is 52.9. The standard InChI is InChI=1S/C19H20N5O4.C13H13N5O.3C4H9.Sn/c1-12(25)21-17-22-15-14(20-11-24(15)18(26)28-19(2,3)4)16(23-17)27-10-13-8-6-5-7-9-13;1-8-3-2-4-9(5-8)6-19-12-10-11(16-7-15-10)17-13(14)18-12;3*1-3-4-2;/h5-6,8-9,11H,10H2,1-4H3,(H,21,22,23,25);2-5,7H,6H2,1H3,(H3,14,15,16,17,18);3*1,3-4H2,2H3;. The van der Waals surface area contributed by atoms with Crippen LogP contribution in [-0.4, -0.2) is 75.4 Å². The average molecular weight is 928 g/mol. The van der Waals surface area contributed by atoms with Gasteiger partial charge in [-0.15, -0.1) is 0 Å². The minimum Gasteiger partial charge on any atom is -0.471 e. The fourth-order valence-electron chi connectivity index (χ4n) is 7.01. The number of fused-ring (bicyclic) bond motifs is 2. The van der Waals surface area contributed by atoms with E-state index < -0.39 is 30.1 Å². The number of H-pyrrole nitrogens is 1. The molecule has 0 bridgehead atoms. The van der Waals surface area contributed by atoms with Gasteiger partial charge in [0.05, 0.1) is 6.33 Å². The Morgan fingerprint density at radius 1 is 0.833 bits per heavy atom. The first-order valence-electron chi connectivity index (χ1n) is 20.9. The van der Waals surface area contributed by atoms with E-state index in [9.17, 15) is 9.59 Å². The number of aromatic amines is 1. The van der Waals surface area contributed by atoms with Crippen LogP contribution in [0, 0.1) is 6.92 Å². The molecule has 4 aromatic heterocycles. The molecule has 0 aliphatic rings. The molecule has 6 aromatic rings. The SMILES string of the molecule is CCC[CH2][Sn]([CH2]CCC)([CH2]CCC)[c]1cccc(COc2nc(NC(C)=O)nc3c2ncn3C(=O)OC(C)(C)C)c1.Cc1cccc(COc2nc(N)nc3nc[nH]c23)c1. The van der Waals surface area contributed by atoms with Crippen LogP contribution < -0.4 is 24.1 Å². The Hall–Kier alpha value is -5.32. The number of nitrogens with zero attached hydrogens (tertiary/aromatic N) is 7. The predicted octanol–water partition coefficient (Wildman–Crippen LogP) is 9.03. The van der Waals surface area contributed by atoms with Crippen molar-refractivity contribution < 1.29 is 23.8 Å². The number of anilines is 2. The van der Waals surface area contributed by atoms with Crippen LogP contribution in [0.3, 0.4) is 0 Å². The number of rotatable bonds is 17. The van der Waals surface area contributed by atoms with Crippen LogP contribution in [0.5, 0.6) is 11.8 Å². The van der Waals surface area contributed by atoms with Crippen LogP contribution in [0.2, 0.25) is 13.3 Å². The largest absolute Gasteiger partial charge is 0.471 e. The van der Waals surface area contributed by atoms with Crippen LogP contribution >= 0.6 is 0 Å². The predicted molar refractivity (Wildman–Crippen MR) is 238 cm³/mol. The number of benzene rings is 2. The van der Waals surface area contributed by atoms with E-state index in [0.29, 0.717) is 29.2 Å². The molecular weight excluding hydrogens is 867 g/mol. The molecule has 2 aromatic carbocycles. The van der Waals surface area contributed by atoms with Crippen molar-refractivity contribution >= 4 is 68.2 Å². The second-order valence-electron chi connectivity index (χ2n) is 16.1. The van der Waals surface area contributed by atoms with Crippen molar-refractivity contribution in [2.45, 2.75) is 126 Å². The van der Waals surface area contributed by atoms with Crippen molar-refractivity contribution in [2.75, 3.05) is 11.1 Å². The molecule has 0 saturated heterocycles. The van der Waals surface area contributed by atoms with Crippen molar-refractivity contribution in [3.63, 3.8) is 0 Å². The van der Waals surface area contributed by atoms with Crippen LogP contribution in [-0.2, 0) is 22.7 Å². The Labute approximate surface area is 356 Å². The first kappa shape index (κ1) is 45.8. The zero-order valence-corrected chi connectivity index (χ0v) is 39.2. The quantitative estimate of drug-likeness (QED) is 0.0735. The van der Waals surface area contributed by atoms with E-state index in [1.807, 2.05) is 25.1 Å². The smallest absolute Gasteiger partial charge is 0.245 e. The summed E-state index contributed by atoms with van der Waals surface area (Å²) in [6.45, 7) is 16.4. The van der Waals surface area contributed by atoms with Gasteiger partial charge in [0, 0.05) is 0 Å². The Morgan fingerprint density at radius 3 is 2.08 bits per heavy atom. The summed E-state index contributed by atoms with van der Waals surface area (Å²) in [5.74, 6) is 0.471. The van der Waals surface area contributed by atoms with E-state index in [-0.39, 0.29) is 35.9 Å². The number of amides is 1. The summed E-state index contributed by atoms with van der Waals surface area (Å²) in [6.07, 6.45) is 9.86. The van der Waals surface area contributed by atoms with Crippen LogP contribution in [0.15, 0.2) is 61.2 Å². The molecule has 6 rings (SSSR count). The van der Waals surface area contributed by atoms with Crippen LogP contribution in [0.25, 0.3) is 22.3 Å². The van der Waals surface area contributed by atoms with Crippen molar-refractivity contribution in [1.82, 2.24) is 39.5 Å². The second-order valence-corrected chi connectivity index (χ2v) is 29.4. The number of aromatic nitrogens is 8. The number of nitrogen functional groups attached to an aromatic ring is 1. The Bertz CT molecular complexity index is 2330. The van der Waals surface area contributed by atoms with E-state index in [0.717, 1.165) is 11.1 Å². The van der Waals surface area contributed by atoms with Gasteiger partial charge in [0.2, 0.25) is 11.8 Å². The number of nitrogens with one attached hydrogen (secondary N) is 2. The molecule has 15 nitrogen and oxygen atoms in total. The number of aryl methyl sites for hydroxylation is 1. The molecule has 0 radical (unpaired) electrons. The molecule has 0 atom stereocenters. The number of hydrogen-bond donors (Lipinski definition) is 3. The van der Waals surface area contributed by atoms with E-state index in [1.54, 1.807) is 24.4 Å². The summed E-state index contributed by atoms with van der Waals surface area (Å²) in [5, 5.41) is 2.60. The van der Waals surface area contributed by atoms with Gasteiger partial charge in [0.15, 0.2) is 5.65 Å². The summed E-state index contributed by atoms with van der Waals surface area (Å²) < 4.78 is 24.4. The molecule has 0 fully saturated rings. The Balaban J connectivity index is 0.000000296. The van der Waals surface area contributed by atoms with Gasteiger partial charge in [-0.2, -0.15) is 9.97 Å². The number of carbonyl (C=O) groups is 2. The topological polar surface area (TPSA) is 198 Å². The normalized spacial score (nSPS) is 11.6. The molecule has 0 aliphatic heterocycles. The summed E-state index contributed by atoms with van der Waals surface area (Å²) >= 11 is -2.61. The molecule has 4 N–H and O–H groups in total. The van der Waals surface area contributed by atoms with E-state index in [4.69, 9.17) is 19.9 Å². The summed E-state index contributed by atoms with van der Waals surface area (Å²) in [7, 11) is 0. The van der Waals surface area contributed by atoms with Crippen molar-refractivity contribution in [3.05, 3.63) is 77.9 Å². The van der Waals surface area contributed by atoms with Gasteiger partial charge in [-0.1, -0.05) is 29.8 Å². The zero-order valence-electron chi connectivity index (χ0n) is 36.3. The van der Waals surface area contributed by atoms with E-state index in [1.165, 1.54) is 81.5 Å². The first-order chi connectivity index (χ1) is 28.7. The monoisotopic (exact) mass is 928 g/mol. The van der Waals surface area contributed by atoms with E-state index >= 15 is 0 Å². The third-order valence-corrected chi connectivity index (χ3v) is 25.5. The average Bonchev–Trinajstić information content (AvgIpc) is 3.86. The molecule has 0 unspecified atom stereocenters. The van der Waals surface area contributed by atoms with Gasteiger partial charge in [0.25, 0.3) is 0 Å². The Kier molecular flexibility index (Phi) is 16.2. The maximum atomic E-state index is 12.8. The van der Waals surface area contributed by atoms with Gasteiger partial charge < -0.3 is 15.5 Å². The second kappa shape index (κ2) is 21.3. The molecule has 4 heterocycles. The maximum absolute atomic E-state index is 12.8. The third-order valence-electron chi connectivity index (χ3n) is 9.91. The number of nitrogens with two attached hydrogens (primary N) is 1. The van der Waals surface area contributed by atoms with Crippen molar-refractivity contribution in [1.29, 1.82) is 0 Å². The third kappa shape index (κ3) is 12.6. The zero-order chi connectivity index (χ0) is 43.3. The van der Waals surface area contributed by atoms with Gasteiger partial charge in [-0.3, -0.25) is 0 Å². The van der Waals surface area contributed by atoms with Gasteiger partial charge in [0.1, 0.15) is 12.1 Å². The fourth-order valence-corrected chi connectivity index (χ4v) is 23.1. The molecule has 0 saturated carbocycles. The molecule has 0 aliphatic carbocycles. The molecular formula is C44H60N10O5Sn. The van der Waals surface area contributed by atoms with Gasteiger partial charge >= 0.3 is 229 Å². The maximum Gasteiger partial charge on any atom is 0.245 e. The number of imidazole rings is 2. The first-order valence-corrected chi connectivity index (χ1v) is 28.4. The minimum absolute atomic E-state index is 0.0352. The van der Waals surface area contributed by atoms with Crippen LogP contribution in [0.1, 0.15) is 104 Å². The van der Waals surface area contributed by atoms with Gasteiger partial charge in [-0.05, 0) is 33.3 Å². The van der Waals surface area contributed by atoms with Crippen molar-refractivity contribution in [2.24, 2.45) is 0 Å². The molecule has 60 heavy (non-hydrogen) atoms. The van der Waals surface area contributed by atoms with Gasteiger partial charge in [-0.25, -0.2) is 4.98 Å². The minimum atomic E-state index is -2.61. The summed E-state index contributed by atoms with van der Waals surface area (Å²) in [6, 6.07) is 17.1. The number of carbonyl (C=O) groups excluding carboxylic acids is 2. The fraction of sp³-hybridized carbons (Fsp3) is 0.455. The molecule has 0 spiro atoms.